The van der Waals surface area contributed by atoms with Gasteiger partial charge in [-0.1, -0.05) is 31.7 Å². The smallest absolute Gasteiger partial charge is 0.406 e. The molecule has 0 aliphatic heterocycles. The van der Waals surface area contributed by atoms with E-state index in [4.69, 9.17) is 0 Å². The van der Waals surface area contributed by atoms with Crippen LogP contribution in [0.5, 0.6) is 5.75 Å². The molecule has 1 aromatic carbocycles. The summed E-state index contributed by atoms with van der Waals surface area (Å²) in [7, 11) is 1.77. The molecule has 7 heteroatoms. The lowest BCUT2D eigenvalue weighted by molar-refractivity contribution is -0.274. The van der Waals surface area contributed by atoms with E-state index in [1.54, 1.807) is 31.5 Å². The predicted octanol–water partition coefficient (Wildman–Crippen LogP) is 5.42. The van der Waals surface area contributed by atoms with Crippen molar-refractivity contribution < 1.29 is 22.7 Å². The Morgan fingerprint density at radius 2 is 1.82 bits per heavy atom. The quantitative estimate of drug-likeness (QED) is 0.379. The van der Waals surface area contributed by atoms with E-state index < -0.39 is 6.36 Å². The first-order valence-corrected chi connectivity index (χ1v) is 9.24. The number of carbonyl (C=O) groups excluding carboxylic acids is 1. The van der Waals surface area contributed by atoms with Gasteiger partial charge in [0.2, 0.25) is 0 Å². The Morgan fingerprint density at radius 1 is 1.21 bits per heavy atom. The molecular weight excluding hydrogens is 369 g/mol. The molecule has 0 saturated heterocycles. The summed E-state index contributed by atoms with van der Waals surface area (Å²) >= 11 is 0. The zero-order valence-electron chi connectivity index (χ0n) is 16.3. The summed E-state index contributed by atoms with van der Waals surface area (Å²) in [5.74, 6) is 1.38. The van der Waals surface area contributed by atoms with E-state index in [0.29, 0.717) is 5.92 Å². The number of allylic oxidation sites excluding steroid dienone is 1. The number of hydrogen-bond acceptors (Lipinski definition) is 3. The molecule has 0 radical (unpaired) electrons. The van der Waals surface area contributed by atoms with E-state index in [1.165, 1.54) is 12.1 Å². The third-order valence-corrected chi connectivity index (χ3v) is 4.44. The molecule has 4 nitrogen and oxygen atoms in total. The SMILES string of the molecule is C=CC=NC(=NC)C1CCC(C=O)CC1.CCc1ccc(OC(F)(F)F)cc1. The van der Waals surface area contributed by atoms with Crippen LogP contribution in [-0.4, -0.2) is 31.7 Å². The molecule has 0 amide bonds. The van der Waals surface area contributed by atoms with E-state index in [0.717, 1.165) is 49.8 Å². The van der Waals surface area contributed by atoms with Crippen LogP contribution in [0.1, 0.15) is 38.2 Å². The number of amidine groups is 1. The minimum absolute atomic E-state index is 0.176. The number of rotatable bonds is 5. The van der Waals surface area contributed by atoms with Gasteiger partial charge in [0.25, 0.3) is 0 Å². The Bertz CT molecular complexity index is 659. The van der Waals surface area contributed by atoms with Crippen LogP contribution in [0.2, 0.25) is 0 Å². The van der Waals surface area contributed by atoms with Gasteiger partial charge in [0, 0.05) is 25.1 Å². The summed E-state index contributed by atoms with van der Waals surface area (Å²) in [6.07, 6.45) is 4.57. The summed E-state index contributed by atoms with van der Waals surface area (Å²) in [4.78, 5) is 19.0. The number of nitrogens with zero attached hydrogens (tertiary/aromatic N) is 2. The lowest BCUT2D eigenvalue weighted by atomic mass is 9.82. The van der Waals surface area contributed by atoms with Crippen molar-refractivity contribution in [2.75, 3.05) is 7.05 Å². The third kappa shape index (κ3) is 8.97. The van der Waals surface area contributed by atoms with Gasteiger partial charge in [-0.05, 0) is 49.8 Å². The van der Waals surface area contributed by atoms with Gasteiger partial charge in [-0.3, -0.25) is 4.99 Å². The number of hydrogen-bond donors (Lipinski definition) is 0. The second-order valence-electron chi connectivity index (χ2n) is 6.39. The van der Waals surface area contributed by atoms with Crippen LogP contribution in [0, 0.1) is 11.8 Å². The minimum Gasteiger partial charge on any atom is -0.406 e. The summed E-state index contributed by atoms with van der Waals surface area (Å²) < 4.78 is 38.8. The highest BCUT2D eigenvalue weighted by Gasteiger charge is 2.30. The highest BCUT2D eigenvalue weighted by atomic mass is 19.4. The second-order valence-corrected chi connectivity index (χ2v) is 6.39. The van der Waals surface area contributed by atoms with E-state index in [-0.39, 0.29) is 11.7 Å². The fraction of sp³-hybridized carbons (Fsp3) is 0.476. The van der Waals surface area contributed by atoms with E-state index >= 15 is 0 Å². The Hall–Kier alpha value is -2.44. The van der Waals surface area contributed by atoms with Gasteiger partial charge in [0.15, 0.2) is 0 Å². The highest BCUT2D eigenvalue weighted by molar-refractivity contribution is 5.93. The van der Waals surface area contributed by atoms with Crippen LogP contribution in [-0.2, 0) is 11.2 Å². The molecule has 28 heavy (non-hydrogen) atoms. The largest absolute Gasteiger partial charge is 0.573 e. The van der Waals surface area contributed by atoms with Crippen LogP contribution in [0.4, 0.5) is 13.2 Å². The van der Waals surface area contributed by atoms with Gasteiger partial charge in [-0.25, -0.2) is 4.99 Å². The molecule has 2 rings (SSSR count). The lowest BCUT2D eigenvalue weighted by Gasteiger charge is -2.24. The van der Waals surface area contributed by atoms with Crippen molar-refractivity contribution in [2.24, 2.45) is 21.8 Å². The Labute approximate surface area is 164 Å². The second kappa shape index (κ2) is 12.1. The van der Waals surface area contributed by atoms with Gasteiger partial charge < -0.3 is 9.53 Å². The predicted molar refractivity (Wildman–Crippen MR) is 106 cm³/mol. The maximum absolute atomic E-state index is 11.7. The van der Waals surface area contributed by atoms with E-state index in [2.05, 4.69) is 21.3 Å². The number of ether oxygens (including phenoxy) is 1. The van der Waals surface area contributed by atoms with Gasteiger partial charge in [0.05, 0.1) is 0 Å². The van der Waals surface area contributed by atoms with Crippen LogP contribution >= 0.6 is 0 Å². The molecule has 0 unspecified atom stereocenters. The topological polar surface area (TPSA) is 51.0 Å². The van der Waals surface area contributed by atoms with Crippen LogP contribution < -0.4 is 4.74 Å². The first-order chi connectivity index (χ1) is 13.3. The van der Waals surface area contributed by atoms with Crippen LogP contribution in [0.25, 0.3) is 0 Å². The first-order valence-electron chi connectivity index (χ1n) is 9.24. The number of aldehydes is 1. The molecule has 0 heterocycles. The molecular formula is C21H27F3N2O2. The molecule has 1 fully saturated rings. The van der Waals surface area contributed by atoms with Crippen LogP contribution in [0.3, 0.4) is 0 Å². The van der Waals surface area contributed by atoms with E-state index in [1.807, 2.05) is 6.92 Å². The van der Waals surface area contributed by atoms with Crippen molar-refractivity contribution in [3.8, 4) is 5.75 Å². The number of aryl methyl sites for hydroxylation is 1. The average molecular weight is 396 g/mol. The fourth-order valence-electron chi connectivity index (χ4n) is 2.92. The van der Waals surface area contributed by atoms with Gasteiger partial charge in [-0.2, -0.15) is 0 Å². The molecule has 0 N–H and O–H groups in total. The Kier molecular flexibility index (Phi) is 10.2. The standard InChI is InChI=1S/C12H18N2O.C9H9F3O/c1-3-8-14-12(13-2)11-6-4-10(9-15)5-7-11;1-2-7-3-5-8(6-4-7)13-9(10,11)12/h3,8-11H,1,4-7H2,2H3;3-6H,2H2,1H3. The molecule has 1 aliphatic carbocycles. The molecule has 0 bridgehead atoms. The van der Waals surface area contributed by atoms with Gasteiger partial charge in [0.1, 0.15) is 17.9 Å². The maximum Gasteiger partial charge on any atom is 0.573 e. The number of aliphatic imine (C=N–C) groups is 2. The Balaban J connectivity index is 0.000000283. The summed E-state index contributed by atoms with van der Waals surface area (Å²) in [5, 5.41) is 0. The van der Waals surface area contributed by atoms with Crippen LogP contribution in [0.15, 0.2) is 46.9 Å². The van der Waals surface area contributed by atoms with Crippen molar-refractivity contribution in [2.45, 2.75) is 45.4 Å². The summed E-state index contributed by atoms with van der Waals surface area (Å²) in [5.41, 5.74) is 0.981. The van der Waals surface area contributed by atoms with Crippen molar-refractivity contribution in [3.05, 3.63) is 42.5 Å². The average Bonchev–Trinajstić information content (AvgIpc) is 2.69. The molecule has 0 atom stereocenters. The number of carbonyl (C=O) groups is 1. The van der Waals surface area contributed by atoms with Crippen molar-refractivity contribution in [1.82, 2.24) is 0 Å². The molecule has 1 aliphatic rings. The third-order valence-electron chi connectivity index (χ3n) is 4.44. The number of alkyl halides is 3. The van der Waals surface area contributed by atoms with Gasteiger partial charge in [-0.15, -0.1) is 13.2 Å². The van der Waals surface area contributed by atoms with Crippen molar-refractivity contribution >= 4 is 18.3 Å². The molecule has 1 aromatic rings. The summed E-state index contributed by atoms with van der Waals surface area (Å²) in [6, 6.07) is 5.85. The normalized spacial score (nSPS) is 20.2. The van der Waals surface area contributed by atoms with E-state index in [9.17, 15) is 18.0 Å². The number of halogens is 3. The van der Waals surface area contributed by atoms with Gasteiger partial charge >= 0.3 is 6.36 Å². The fourth-order valence-corrected chi connectivity index (χ4v) is 2.92. The lowest BCUT2D eigenvalue weighted by Crippen LogP contribution is -2.21. The monoisotopic (exact) mass is 396 g/mol. The Morgan fingerprint density at radius 3 is 2.25 bits per heavy atom. The first kappa shape index (κ1) is 23.6. The zero-order chi connectivity index (χ0) is 21.0. The highest BCUT2D eigenvalue weighted by Crippen LogP contribution is 2.28. The molecule has 1 saturated carbocycles. The molecule has 154 valence electrons. The maximum atomic E-state index is 11.7. The summed E-state index contributed by atoms with van der Waals surface area (Å²) in [6.45, 7) is 5.52. The van der Waals surface area contributed by atoms with Crippen molar-refractivity contribution in [3.63, 3.8) is 0 Å². The van der Waals surface area contributed by atoms with Crippen molar-refractivity contribution in [1.29, 1.82) is 0 Å². The zero-order valence-corrected chi connectivity index (χ0v) is 16.3. The number of benzene rings is 1. The molecule has 0 aromatic heterocycles. The molecule has 0 spiro atoms. The minimum atomic E-state index is -4.60.